The summed E-state index contributed by atoms with van der Waals surface area (Å²) in [5, 5.41) is 3.31. The number of methoxy groups -OCH3 is 1. The molecule has 0 spiro atoms. The molecule has 0 amide bonds. The van der Waals surface area contributed by atoms with Gasteiger partial charge in [0.05, 0.1) is 7.11 Å². The number of hydrogen-bond acceptors (Lipinski definition) is 4. The lowest BCUT2D eigenvalue weighted by Crippen LogP contribution is -2.66. The lowest BCUT2D eigenvalue weighted by molar-refractivity contribution is -0.167. The molecule has 2 fully saturated rings. The lowest BCUT2D eigenvalue weighted by atomic mass is 9.67. The maximum atomic E-state index is 11.9. The SMILES string of the molecule is COC(=O)C1(N2CCNCC2)CC(C)C1. The number of nitrogens with one attached hydrogen (secondary N) is 1. The quantitative estimate of drug-likeness (QED) is 0.665. The highest BCUT2D eigenvalue weighted by Gasteiger charge is 2.53. The van der Waals surface area contributed by atoms with Crippen LogP contribution in [0.5, 0.6) is 0 Å². The van der Waals surface area contributed by atoms with Crippen molar-refractivity contribution < 1.29 is 9.53 Å². The molecule has 1 aliphatic carbocycles. The van der Waals surface area contributed by atoms with Gasteiger partial charge in [-0.1, -0.05) is 6.92 Å². The summed E-state index contributed by atoms with van der Waals surface area (Å²) in [6, 6.07) is 0. The van der Waals surface area contributed by atoms with E-state index in [0.717, 1.165) is 39.0 Å². The van der Waals surface area contributed by atoms with Crippen LogP contribution in [0.15, 0.2) is 0 Å². The van der Waals surface area contributed by atoms with E-state index >= 15 is 0 Å². The molecule has 0 aromatic heterocycles. The van der Waals surface area contributed by atoms with Gasteiger partial charge in [-0.3, -0.25) is 9.69 Å². The summed E-state index contributed by atoms with van der Waals surface area (Å²) in [5.74, 6) is 0.612. The van der Waals surface area contributed by atoms with Crippen LogP contribution in [0.2, 0.25) is 0 Å². The minimum atomic E-state index is -0.295. The molecule has 0 unspecified atom stereocenters. The van der Waals surface area contributed by atoms with E-state index in [1.54, 1.807) is 0 Å². The van der Waals surface area contributed by atoms with Gasteiger partial charge in [-0.25, -0.2) is 0 Å². The van der Waals surface area contributed by atoms with Gasteiger partial charge in [-0.15, -0.1) is 0 Å². The van der Waals surface area contributed by atoms with Gasteiger partial charge in [0, 0.05) is 26.2 Å². The average molecular weight is 212 g/mol. The second kappa shape index (κ2) is 4.10. The molecule has 0 bridgehead atoms. The van der Waals surface area contributed by atoms with Crippen LogP contribution >= 0.6 is 0 Å². The van der Waals surface area contributed by atoms with Crippen molar-refractivity contribution in [3.63, 3.8) is 0 Å². The predicted molar refractivity (Wildman–Crippen MR) is 57.6 cm³/mol. The molecule has 1 heterocycles. The van der Waals surface area contributed by atoms with E-state index in [0.29, 0.717) is 5.92 Å². The third kappa shape index (κ3) is 1.76. The molecule has 86 valence electrons. The lowest BCUT2D eigenvalue weighted by Gasteiger charge is -2.52. The molecule has 0 aromatic carbocycles. The van der Waals surface area contributed by atoms with Crippen LogP contribution < -0.4 is 5.32 Å². The zero-order valence-corrected chi connectivity index (χ0v) is 9.58. The highest BCUT2D eigenvalue weighted by atomic mass is 16.5. The van der Waals surface area contributed by atoms with Gasteiger partial charge in [0.25, 0.3) is 0 Å². The van der Waals surface area contributed by atoms with Crippen LogP contribution in [0, 0.1) is 5.92 Å². The van der Waals surface area contributed by atoms with Crippen LogP contribution in [0.4, 0.5) is 0 Å². The summed E-state index contributed by atoms with van der Waals surface area (Å²) in [4.78, 5) is 14.2. The summed E-state index contributed by atoms with van der Waals surface area (Å²) in [5.41, 5.74) is -0.295. The van der Waals surface area contributed by atoms with E-state index in [4.69, 9.17) is 4.74 Å². The summed E-state index contributed by atoms with van der Waals surface area (Å²) >= 11 is 0. The number of hydrogen-bond donors (Lipinski definition) is 1. The largest absolute Gasteiger partial charge is 0.468 e. The van der Waals surface area contributed by atoms with Crippen molar-refractivity contribution in [3.8, 4) is 0 Å². The van der Waals surface area contributed by atoms with Gasteiger partial charge in [0.15, 0.2) is 0 Å². The Morgan fingerprint density at radius 3 is 2.47 bits per heavy atom. The second-order valence-corrected chi connectivity index (χ2v) is 4.77. The summed E-state index contributed by atoms with van der Waals surface area (Å²) < 4.78 is 4.96. The number of rotatable bonds is 2. The van der Waals surface area contributed by atoms with Gasteiger partial charge < -0.3 is 10.1 Å². The van der Waals surface area contributed by atoms with Crippen LogP contribution in [-0.4, -0.2) is 49.7 Å². The van der Waals surface area contributed by atoms with Crippen molar-refractivity contribution in [3.05, 3.63) is 0 Å². The van der Waals surface area contributed by atoms with E-state index in [1.165, 1.54) is 7.11 Å². The normalized spacial score (nSPS) is 37.1. The van der Waals surface area contributed by atoms with Crippen molar-refractivity contribution in [2.75, 3.05) is 33.3 Å². The van der Waals surface area contributed by atoms with E-state index in [2.05, 4.69) is 17.1 Å². The molecule has 4 nitrogen and oxygen atoms in total. The Balaban J connectivity index is 2.08. The molecule has 4 heteroatoms. The molecule has 1 aliphatic heterocycles. The third-order valence-electron chi connectivity index (χ3n) is 3.66. The van der Waals surface area contributed by atoms with E-state index in [-0.39, 0.29) is 11.5 Å². The first kappa shape index (κ1) is 10.9. The number of esters is 1. The maximum absolute atomic E-state index is 11.9. The molecule has 2 rings (SSSR count). The Morgan fingerprint density at radius 1 is 1.40 bits per heavy atom. The van der Waals surface area contributed by atoms with Gasteiger partial charge in [0.1, 0.15) is 5.54 Å². The third-order valence-corrected chi connectivity index (χ3v) is 3.66. The molecule has 2 aliphatic rings. The van der Waals surface area contributed by atoms with Crippen molar-refractivity contribution >= 4 is 5.97 Å². The highest BCUT2D eigenvalue weighted by molar-refractivity contribution is 5.82. The Morgan fingerprint density at radius 2 is 2.00 bits per heavy atom. The molecule has 15 heavy (non-hydrogen) atoms. The first-order valence-corrected chi connectivity index (χ1v) is 5.73. The minimum Gasteiger partial charge on any atom is -0.468 e. The van der Waals surface area contributed by atoms with Crippen LogP contribution in [-0.2, 0) is 9.53 Å². The number of carbonyl (C=O) groups is 1. The van der Waals surface area contributed by atoms with Crippen molar-refractivity contribution in [2.24, 2.45) is 5.92 Å². The topological polar surface area (TPSA) is 41.6 Å². The molecular weight excluding hydrogens is 192 g/mol. The first-order chi connectivity index (χ1) is 7.19. The number of nitrogens with zero attached hydrogens (tertiary/aromatic N) is 1. The molecule has 0 aromatic rings. The Kier molecular flexibility index (Phi) is 2.98. The Labute approximate surface area is 91.0 Å². The molecule has 1 saturated heterocycles. The van der Waals surface area contributed by atoms with E-state index in [9.17, 15) is 4.79 Å². The van der Waals surface area contributed by atoms with Crippen LogP contribution in [0.25, 0.3) is 0 Å². The molecule has 0 radical (unpaired) electrons. The zero-order valence-electron chi connectivity index (χ0n) is 9.58. The van der Waals surface area contributed by atoms with Crippen LogP contribution in [0.3, 0.4) is 0 Å². The number of carbonyl (C=O) groups excluding carboxylic acids is 1. The van der Waals surface area contributed by atoms with Gasteiger partial charge in [0.2, 0.25) is 0 Å². The molecular formula is C11H20N2O2. The van der Waals surface area contributed by atoms with Crippen molar-refractivity contribution in [1.29, 1.82) is 0 Å². The Bertz CT molecular complexity index is 243. The van der Waals surface area contributed by atoms with Gasteiger partial charge >= 0.3 is 5.97 Å². The maximum Gasteiger partial charge on any atom is 0.326 e. The molecule has 0 atom stereocenters. The summed E-state index contributed by atoms with van der Waals surface area (Å²) in [6.45, 7) is 6.08. The fourth-order valence-corrected chi connectivity index (χ4v) is 2.93. The number of piperazine rings is 1. The van der Waals surface area contributed by atoms with Crippen molar-refractivity contribution in [2.45, 2.75) is 25.3 Å². The first-order valence-electron chi connectivity index (χ1n) is 5.73. The minimum absolute atomic E-state index is 0.0394. The van der Waals surface area contributed by atoms with E-state index in [1.807, 2.05) is 0 Å². The molecule has 1 N–H and O–H groups in total. The van der Waals surface area contributed by atoms with E-state index < -0.39 is 0 Å². The van der Waals surface area contributed by atoms with Crippen LogP contribution in [0.1, 0.15) is 19.8 Å². The highest BCUT2D eigenvalue weighted by Crippen LogP contribution is 2.43. The second-order valence-electron chi connectivity index (χ2n) is 4.77. The predicted octanol–water partition coefficient (Wildman–Crippen LogP) is 0.233. The summed E-state index contributed by atoms with van der Waals surface area (Å²) in [7, 11) is 1.50. The monoisotopic (exact) mass is 212 g/mol. The number of ether oxygens (including phenoxy) is 1. The fraction of sp³-hybridized carbons (Fsp3) is 0.909. The average Bonchev–Trinajstić information content (AvgIpc) is 2.24. The van der Waals surface area contributed by atoms with Gasteiger partial charge in [-0.05, 0) is 18.8 Å². The Hall–Kier alpha value is -0.610. The van der Waals surface area contributed by atoms with Crippen molar-refractivity contribution in [1.82, 2.24) is 10.2 Å². The fourth-order valence-electron chi connectivity index (χ4n) is 2.93. The smallest absolute Gasteiger partial charge is 0.326 e. The summed E-state index contributed by atoms with van der Waals surface area (Å²) in [6.07, 6.45) is 1.92. The molecule has 1 saturated carbocycles. The van der Waals surface area contributed by atoms with Gasteiger partial charge in [-0.2, -0.15) is 0 Å². The standard InChI is InChI=1S/C11H20N2O2/c1-9-7-11(8-9,10(14)15-2)13-5-3-12-4-6-13/h9,12H,3-8H2,1-2H3. The zero-order chi connectivity index (χ0) is 10.9.